The van der Waals surface area contributed by atoms with E-state index in [1.165, 1.54) is 6.92 Å². The first kappa shape index (κ1) is 70.0. The predicted molar refractivity (Wildman–Crippen MR) is 297 cm³/mol. The van der Waals surface area contributed by atoms with Crippen molar-refractivity contribution in [3.63, 3.8) is 0 Å². The minimum Gasteiger partial charge on any atom is -0.394 e. The summed E-state index contributed by atoms with van der Waals surface area (Å²) >= 11 is 0. The van der Waals surface area contributed by atoms with Crippen molar-refractivity contribution < 1.29 is 134 Å². The van der Waals surface area contributed by atoms with Crippen LogP contribution in [0, 0.1) is 45.3 Å². The van der Waals surface area contributed by atoms with Crippen molar-refractivity contribution in [2.24, 2.45) is 45.3 Å². The maximum Gasteiger partial charge on any atom is 0.187 e. The second kappa shape index (κ2) is 26.8. The summed E-state index contributed by atoms with van der Waals surface area (Å²) < 4.78 is 60.5. The lowest BCUT2D eigenvalue weighted by Crippen LogP contribution is -2.67. The Morgan fingerprint density at radius 2 is 0.989 bits per heavy atom. The quantitative estimate of drug-likeness (QED) is 0.0471. The Kier molecular flexibility index (Phi) is 21.6. The summed E-state index contributed by atoms with van der Waals surface area (Å²) in [4.78, 5) is 0. The number of rotatable bonds is 18. The van der Waals surface area contributed by atoms with Gasteiger partial charge < -0.3 is 134 Å². The molecule has 87 heavy (non-hydrogen) atoms. The van der Waals surface area contributed by atoms with Gasteiger partial charge in [-0.05, 0) is 131 Å². The van der Waals surface area contributed by atoms with E-state index in [1.54, 1.807) is 0 Å². The molecule has 9 fully saturated rings. The van der Waals surface area contributed by atoms with Crippen LogP contribution in [-0.4, -0.2) is 285 Å². The molecule has 0 bridgehead atoms. The molecule has 35 atom stereocenters. The monoisotopic (exact) mass is 1250 g/mol. The maximum atomic E-state index is 12.9. The molecule has 0 aromatic heterocycles. The molecule has 0 aromatic rings. The van der Waals surface area contributed by atoms with E-state index in [9.17, 15) is 86.8 Å². The molecule has 9 rings (SSSR count). The Bertz CT molecular complexity index is 2300. The van der Waals surface area contributed by atoms with Crippen LogP contribution in [0.1, 0.15) is 120 Å². The van der Waals surface area contributed by atoms with E-state index in [-0.39, 0.29) is 34.5 Å². The zero-order valence-corrected chi connectivity index (χ0v) is 51.4. The topological polar surface area (TPSA) is 436 Å². The third-order valence-electron chi connectivity index (χ3n) is 22.9. The Labute approximate surface area is 507 Å². The van der Waals surface area contributed by atoms with Crippen LogP contribution in [0.2, 0.25) is 0 Å². The van der Waals surface area contributed by atoms with Crippen molar-refractivity contribution in [3.8, 4) is 0 Å². The summed E-state index contributed by atoms with van der Waals surface area (Å²) in [5, 5.41) is 185. The molecule has 5 aliphatic heterocycles. The fourth-order valence-corrected chi connectivity index (χ4v) is 17.6. The highest BCUT2D eigenvalue weighted by Crippen LogP contribution is 2.76. The summed E-state index contributed by atoms with van der Waals surface area (Å²) in [6.07, 6.45) is -33.6. The molecule has 17 N–H and O–H groups in total. The third kappa shape index (κ3) is 12.7. The zero-order chi connectivity index (χ0) is 63.9. The first-order chi connectivity index (χ1) is 40.7. The Morgan fingerprint density at radius 3 is 1.55 bits per heavy atom. The first-order valence-electron chi connectivity index (χ1n) is 31.3. The normalized spacial score (nSPS) is 53.3. The predicted octanol–water partition coefficient (Wildman–Crippen LogP) is -3.35. The second-order valence-electron chi connectivity index (χ2n) is 28.6. The smallest absolute Gasteiger partial charge is 0.187 e. The van der Waals surface area contributed by atoms with Gasteiger partial charge >= 0.3 is 0 Å². The van der Waals surface area contributed by atoms with Crippen LogP contribution in [0.25, 0.3) is 0 Å². The highest BCUT2D eigenvalue weighted by Gasteiger charge is 2.72. The third-order valence-corrected chi connectivity index (χ3v) is 22.9. The van der Waals surface area contributed by atoms with E-state index in [1.807, 2.05) is 20.8 Å². The lowest BCUT2D eigenvalue weighted by atomic mass is 9.35. The van der Waals surface area contributed by atoms with Crippen molar-refractivity contribution >= 4 is 0 Å². The molecule has 0 spiro atoms. The van der Waals surface area contributed by atoms with E-state index in [4.69, 9.17) is 47.4 Å². The van der Waals surface area contributed by atoms with Crippen molar-refractivity contribution in [3.05, 3.63) is 11.6 Å². The fourth-order valence-electron chi connectivity index (χ4n) is 17.6. The Balaban J connectivity index is 0.884. The molecule has 504 valence electrons. The highest BCUT2D eigenvalue weighted by atomic mass is 16.8. The minimum atomic E-state index is -1.87. The van der Waals surface area contributed by atoms with Gasteiger partial charge in [0.2, 0.25) is 0 Å². The van der Waals surface area contributed by atoms with Crippen molar-refractivity contribution in [2.45, 2.75) is 291 Å². The zero-order valence-electron chi connectivity index (χ0n) is 51.4. The molecule has 4 aliphatic carbocycles. The largest absolute Gasteiger partial charge is 0.394 e. The molecule has 5 heterocycles. The minimum absolute atomic E-state index is 0.0225. The van der Waals surface area contributed by atoms with Gasteiger partial charge in [0.1, 0.15) is 116 Å². The molecule has 35 unspecified atom stereocenters. The van der Waals surface area contributed by atoms with Crippen molar-refractivity contribution in [1.29, 1.82) is 0 Å². The second-order valence-corrected chi connectivity index (χ2v) is 28.6. The van der Waals surface area contributed by atoms with Gasteiger partial charge in [-0.2, -0.15) is 0 Å². The summed E-state index contributed by atoms with van der Waals surface area (Å²) in [6.45, 7) is 16.0. The number of ether oxygens (including phenoxy) is 10. The SMILES string of the molecule is CC(C)=CCCC(C)(OC1OC(COC2OC(CO)C(O)C(O)C2O)C(O)C(O)C1O)C1CCC2(C)C1C(O)CC1C3(C)CCC(OC4OC(COC5OC(C)C(O)C(O)C5OC5OC(CO)C(O)C(O)C5O)C(O)C(O)C4O)C(C)(C)C3CCC12C. The van der Waals surface area contributed by atoms with Crippen LogP contribution in [0.3, 0.4) is 0 Å². The molecule has 27 heteroatoms. The van der Waals surface area contributed by atoms with Gasteiger partial charge in [-0.3, -0.25) is 0 Å². The van der Waals surface area contributed by atoms with Gasteiger partial charge in [0.05, 0.1) is 50.3 Å². The van der Waals surface area contributed by atoms with Crippen LogP contribution in [0.15, 0.2) is 11.6 Å². The average molecular weight is 1260 g/mol. The van der Waals surface area contributed by atoms with Gasteiger partial charge in [0.25, 0.3) is 0 Å². The van der Waals surface area contributed by atoms with Gasteiger partial charge in [0.15, 0.2) is 31.5 Å². The van der Waals surface area contributed by atoms with Crippen LogP contribution in [0.5, 0.6) is 0 Å². The van der Waals surface area contributed by atoms with Gasteiger partial charge in [-0.1, -0.05) is 46.3 Å². The van der Waals surface area contributed by atoms with E-state index in [0.29, 0.717) is 38.5 Å². The van der Waals surface area contributed by atoms with Gasteiger partial charge in [0, 0.05) is 0 Å². The number of aliphatic hydroxyl groups excluding tert-OH is 17. The van der Waals surface area contributed by atoms with Crippen LogP contribution in [-0.2, 0) is 47.4 Å². The molecule has 27 nitrogen and oxygen atoms in total. The molecule has 5 saturated heterocycles. The van der Waals surface area contributed by atoms with Crippen molar-refractivity contribution in [1.82, 2.24) is 0 Å². The summed E-state index contributed by atoms with van der Waals surface area (Å²) in [5.74, 6) is -0.532. The lowest BCUT2D eigenvalue weighted by molar-refractivity contribution is -0.372. The molecule has 9 aliphatic rings. The molecular formula is C60H102O27. The maximum absolute atomic E-state index is 12.9. The summed E-state index contributed by atoms with van der Waals surface area (Å²) in [7, 11) is 0. The Hall–Kier alpha value is -1.34. The highest BCUT2D eigenvalue weighted by molar-refractivity contribution is 5.21. The summed E-state index contributed by atoms with van der Waals surface area (Å²) in [5.41, 5.74) is -1.68. The van der Waals surface area contributed by atoms with E-state index in [2.05, 4.69) is 40.7 Å². The molecular weight excluding hydrogens is 1150 g/mol. The number of allylic oxidation sites excluding steroid dienone is 2. The lowest BCUT2D eigenvalue weighted by Gasteiger charge is -2.71. The van der Waals surface area contributed by atoms with Crippen LogP contribution >= 0.6 is 0 Å². The van der Waals surface area contributed by atoms with Crippen LogP contribution < -0.4 is 0 Å². The fraction of sp³-hybridized carbons (Fsp3) is 0.967. The van der Waals surface area contributed by atoms with E-state index < -0.39 is 209 Å². The number of hydrogen-bond acceptors (Lipinski definition) is 27. The van der Waals surface area contributed by atoms with Gasteiger partial charge in [-0.15, -0.1) is 0 Å². The first-order valence-corrected chi connectivity index (χ1v) is 31.3. The number of hydrogen-bond donors (Lipinski definition) is 17. The average Bonchev–Trinajstić information content (AvgIpc) is 1.68. The van der Waals surface area contributed by atoms with E-state index >= 15 is 0 Å². The van der Waals surface area contributed by atoms with Crippen molar-refractivity contribution in [2.75, 3.05) is 26.4 Å². The summed E-state index contributed by atoms with van der Waals surface area (Å²) in [6, 6.07) is 0. The standard InChI is InChI=1S/C60H102O27/c1-24(2)11-10-15-60(9,87-54-49(77)44(72)40(68)31(84-54)22-78-51-46(74)41(69)37(65)28(20-61)81-51)26-12-17-59(8)35(26)27(63)19-33-57(6)16-14-34(56(4,5)32(57)13-18-58(33,59)7)85-52-47(75)43(71)39(67)30(83-52)23-79-55-50(45(73)36(64)25(3)80-55)86-53-48(76)42(70)38(66)29(21-62)82-53/h11,25-55,61-77H,10,12-23H2,1-9H3. The molecule has 0 amide bonds. The molecule has 0 aromatic carbocycles. The number of aliphatic hydroxyl groups is 17. The van der Waals surface area contributed by atoms with Gasteiger partial charge in [-0.25, -0.2) is 0 Å². The number of fused-ring (bicyclic) bond motifs is 5. The Morgan fingerprint density at radius 1 is 0.506 bits per heavy atom. The molecule has 4 saturated carbocycles. The van der Waals surface area contributed by atoms with Crippen LogP contribution in [0.4, 0.5) is 0 Å². The molecule has 0 radical (unpaired) electrons. The van der Waals surface area contributed by atoms with E-state index in [0.717, 1.165) is 24.8 Å².